The van der Waals surface area contributed by atoms with Crippen molar-refractivity contribution in [3.63, 3.8) is 0 Å². The Kier molecular flexibility index (Phi) is 8.92. The fourth-order valence-electron chi connectivity index (χ4n) is 2.12. The van der Waals surface area contributed by atoms with Gasteiger partial charge in [-0.3, -0.25) is 14.4 Å². The van der Waals surface area contributed by atoms with Crippen LogP contribution in [0, 0.1) is 0 Å². The fourth-order valence-corrected chi connectivity index (χ4v) is 2.12. The van der Waals surface area contributed by atoms with E-state index in [1.54, 1.807) is 37.3 Å². The van der Waals surface area contributed by atoms with E-state index >= 15 is 0 Å². The molecule has 0 aliphatic heterocycles. The molecule has 0 saturated heterocycles. The molecule has 0 heterocycles. The first-order valence-corrected chi connectivity index (χ1v) is 8.09. The molecule has 0 radical (unpaired) electrons. The Morgan fingerprint density at radius 3 is 2.32 bits per heavy atom. The van der Waals surface area contributed by atoms with Gasteiger partial charge in [-0.25, -0.2) is 4.79 Å². The number of esters is 2. The minimum absolute atomic E-state index is 0.0825. The van der Waals surface area contributed by atoms with Crippen molar-refractivity contribution in [2.75, 3.05) is 13.7 Å². The van der Waals surface area contributed by atoms with E-state index in [0.29, 0.717) is 5.56 Å². The topological polar surface area (TPSA) is 98.8 Å². The van der Waals surface area contributed by atoms with Crippen LogP contribution in [0.1, 0.15) is 43.0 Å². The molecule has 7 nitrogen and oxygen atoms in total. The Morgan fingerprint density at radius 2 is 1.72 bits per heavy atom. The summed E-state index contributed by atoms with van der Waals surface area (Å²) in [7, 11) is 1.23. The molecule has 136 valence electrons. The molecular formula is C18H23NO6. The van der Waals surface area contributed by atoms with Crippen LogP contribution < -0.4 is 5.32 Å². The van der Waals surface area contributed by atoms with Crippen LogP contribution in [0.5, 0.6) is 0 Å². The van der Waals surface area contributed by atoms with E-state index in [1.165, 1.54) is 7.11 Å². The molecule has 1 atom stereocenters. The maximum atomic E-state index is 12.1. The van der Waals surface area contributed by atoms with Crippen molar-refractivity contribution in [3.8, 4) is 0 Å². The van der Waals surface area contributed by atoms with Crippen molar-refractivity contribution in [3.05, 3.63) is 35.9 Å². The number of ketones is 1. The summed E-state index contributed by atoms with van der Waals surface area (Å²) in [5, 5.41) is 2.51. The Balaban J connectivity index is 2.60. The van der Waals surface area contributed by atoms with E-state index in [2.05, 4.69) is 10.1 Å². The summed E-state index contributed by atoms with van der Waals surface area (Å²) in [5.41, 5.74) is 0.544. The molecule has 0 spiro atoms. The van der Waals surface area contributed by atoms with Gasteiger partial charge in [0.2, 0.25) is 5.91 Å². The average molecular weight is 349 g/mol. The van der Waals surface area contributed by atoms with Gasteiger partial charge in [-0.1, -0.05) is 30.3 Å². The second-order valence-electron chi connectivity index (χ2n) is 5.28. The first-order chi connectivity index (χ1) is 12.0. The molecular weight excluding hydrogens is 326 g/mol. The largest absolute Gasteiger partial charge is 0.469 e. The highest BCUT2D eigenvalue weighted by Crippen LogP contribution is 2.09. The standard InChI is InChI=1S/C18H23NO6/c1-3-25-18(23)14(19-16(21)11-12-17(22)24-2)9-10-15(20)13-7-5-4-6-8-13/h4-8,14H,3,9-12H2,1-2H3,(H,19,21)/t14-/m0/s1. The molecule has 0 aromatic heterocycles. The quantitative estimate of drug-likeness (QED) is 0.509. The van der Waals surface area contributed by atoms with Crippen LogP contribution in [-0.2, 0) is 23.9 Å². The third-order valence-corrected chi connectivity index (χ3v) is 3.45. The van der Waals surface area contributed by atoms with Crippen LogP contribution in [-0.4, -0.2) is 43.4 Å². The smallest absolute Gasteiger partial charge is 0.328 e. The summed E-state index contributed by atoms with van der Waals surface area (Å²) in [5.74, 6) is -1.72. The van der Waals surface area contributed by atoms with Crippen LogP contribution in [0.25, 0.3) is 0 Å². The monoisotopic (exact) mass is 349 g/mol. The van der Waals surface area contributed by atoms with E-state index < -0.39 is 23.9 Å². The lowest BCUT2D eigenvalue weighted by Gasteiger charge is -2.17. The summed E-state index contributed by atoms with van der Waals surface area (Å²) in [4.78, 5) is 47.1. The van der Waals surface area contributed by atoms with Gasteiger partial charge >= 0.3 is 11.9 Å². The Bertz CT molecular complexity index is 599. The zero-order valence-electron chi connectivity index (χ0n) is 14.4. The highest BCUT2D eigenvalue weighted by Gasteiger charge is 2.23. The molecule has 0 saturated carbocycles. The van der Waals surface area contributed by atoms with Gasteiger partial charge in [-0.2, -0.15) is 0 Å². The number of benzene rings is 1. The molecule has 0 unspecified atom stereocenters. The average Bonchev–Trinajstić information content (AvgIpc) is 2.63. The molecule has 1 aromatic carbocycles. The summed E-state index contributed by atoms with van der Waals surface area (Å²) < 4.78 is 9.40. The summed E-state index contributed by atoms with van der Waals surface area (Å²) >= 11 is 0. The molecule has 1 N–H and O–H groups in total. The third-order valence-electron chi connectivity index (χ3n) is 3.45. The molecule has 0 bridgehead atoms. The van der Waals surface area contributed by atoms with Crippen molar-refractivity contribution in [2.45, 2.75) is 38.6 Å². The zero-order chi connectivity index (χ0) is 18.7. The van der Waals surface area contributed by atoms with E-state index in [9.17, 15) is 19.2 Å². The van der Waals surface area contributed by atoms with Gasteiger partial charge in [0.05, 0.1) is 20.1 Å². The lowest BCUT2D eigenvalue weighted by Crippen LogP contribution is -2.42. The normalized spacial score (nSPS) is 11.3. The van der Waals surface area contributed by atoms with Crippen molar-refractivity contribution in [1.82, 2.24) is 5.32 Å². The number of hydrogen-bond acceptors (Lipinski definition) is 6. The van der Waals surface area contributed by atoms with E-state index in [1.807, 2.05) is 0 Å². The number of ether oxygens (including phenoxy) is 2. The van der Waals surface area contributed by atoms with Crippen LogP contribution in [0.15, 0.2) is 30.3 Å². The van der Waals surface area contributed by atoms with E-state index in [0.717, 1.165) is 0 Å². The summed E-state index contributed by atoms with van der Waals surface area (Å²) in [6.07, 6.45) is 0.0251. The predicted molar refractivity (Wildman–Crippen MR) is 89.8 cm³/mol. The second-order valence-corrected chi connectivity index (χ2v) is 5.28. The summed E-state index contributed by atoms with van der Waals surface area (Å²) in [6.45, 7) is 1.82. The Hall–Kier alpha value is -2.70. The lowest BCUT2D eigenvalue weighted by molar-refractivity contribution is -0.147. The number of rotatable bonds is 10. The lowest BCUT2D eigenvalue weighted by atomic mass is 10.0. The molecule has 1 aromatic rings. The fraction of sp³-hybridized carbons (Fsp3) is 0.444. The predicted octanol–water partition coefficient (Wildman–Crippen LogP) is 1.65. The van der Waals surface area contributed by atoms with Gasteiger partial charge in [-0.15, -0.1) is 0 Å². The maximum absolute atomic E-state index is 12.1. The van der Waals surface area contributed by atoms with Crippen molar-refractivity contribution in [1.29, 1.82) is 0 Å². The SMILES string of the molecule is CCOC(=O)[C@H](CCC(=O)c1ccccc1)NC(=O)CCC(=O)OC. The second kappa shape index (κ2) is 11.0. The van der Waals surface area contributed by atoms with Gasteiger partial charge in [0.1, 0.15) is 6.04 Å². The Morgan fingerprint density at radius 1 is 1.04 bits per heavy atom. The number of methoxy groups -OCH3 is 1. The highest BCUT2D eigenvalue weighted by atomic mass is 16.5. The number of hydrogen-bond donors (Lipinski definition) is 1. The maximum Gasteiger partial charge on any atom is 0.328 e. The molecule has 0 fully saturated rings. The number of carbonyl (C=O) groups excluding carboxylic acids is 4. The van der Waals surface area contributed by atoms with Crippen LogP contribution in [0.4, 0.5) is 0 Å². The molecule has 1 amide bonds. The number of Topliss-reactive ketones (excluding diaryl/α,β-unsaturated/α-hetero) is 1. The number of carbonyl (C=O) groups is 4. The van der Waals surface area contributed by atoms with E-state index in [-0.39, 0.29) is 38.1 Å². The minimum atomic E-state index is -0.933. The molecule has 0 aliphatic rings. The van der Waals surface area contributed by atoms with Gasteiger partial charge in [0.25, 0.3) is 0 Å². The zero-order valence-corrected chi connectivity index (χ0v) is 14.4. The number of nitrogens with one attached hydrogen (secondary N) is 1. The minimum Gasteiger partial charge on any atom is -0.469 e. The Labute approximate surface area is 146 Å². The van der Waals surface area contributed by atoms with Crippen LogP contribution in [0.3, 0.4) is 0 Å². The first-order valence-electron chi connectivity index (χ1n) is 8.09. The first kappa shape index (κ1) is 20.3. The van der Waals surface area contributed by atoms with Gasteiger partial charge in [-0.05, 0) is 13.3 Å². The van der Waals surface area contributed by atoms with Gasteiger partial charge in [0, 0.05) is 18.4 Å². The van der Waals surface area contributed by atoms with Crippen LogP contribution >= 0.6 is 0 Å². The third kappa shape index (κ3) is 7.60. The molecule has 1 rings (SSSR count). The van der Waals surface area contributed by atoms with E-state index in [4.69, 9.17) is 4.74 Å². The molecule has 0 aliphatic carbocycles. The highest BCUT2D eigenvalue weighted by molar-refractivity contribution is 5.96. The van der Waals surface area contributed by atoms with Crippen molar-refractivity contribution in [2.24, 2.45) is 0 Å². The molecule has 25 heavy (non-hydrogen) atoms. The summed E-state index contributed by atoms with van der Waals surface area (Å²) in [6, 6.07) is 7.76. The van der Waals surface area contributed by atoms with Gasteiger partial charge < -0.3 is 14.8 Å². The molecule has 7 heteroatoms. The number of amides is 1. The van der Waals surface area contributed by atoms with Gasteiger partial charge in [0.15, 0.2) is 5.78 Å². The van der Waals surface area contributed by atoms with Crippen molar-refractivity contribution < 1.29 is 28.7 Å². The van der Waals surface area contributed by atoms with Crippen molar-refractivity contribution >= 4 is 23.6 Å². The van der Waals surface area contributed by atoms with Crippen LogP contribution in [0.2, 0.25) is 0 Å².